The summed E-state index contributed by atoms with van der Waals surface area (Å²) in [5, 5.41) is 3.22. The molecular weight excluding hydrogens is 520 g/mol. The van der Waals surface area contributed by atoms with Crippen molar-refractivity contribution in [3.63, 3.8) is 0 Å². The second-order valence-electron chi connectivity index (χ2n) is 9.14. The van der Waals surface area contributed by atoms with E-state index in [2.05, 4.69) is 10.0 Å². The lowest BCUT2D eigenvalue weighted by molar-refractivity contribution is -0.117. The molecule has 8 heteroatoms. The molecule has 6 nitrogen and oxygen atoms in total. The number of ether oxygens (including phenoxy) is 1. The standard InChI is InChI=1S/C30H29ClN2O4S/c1-20-16-21(2)29(22(3)17-20)38(35,36)33-27(18-23-10-6-4-7-11-23)30(34)32-26-19-24(31)14-15-28(26)37-25-12-8-5-9-13-25/h4-17,19,27,33H,18H2,1-3H3,(H,32,34)/t27-/m0/s1. The van der Waals surface area contributed by atoms with Crippen molar-refractivity contribution in [3.05, 3.63) is 118 Å². The minimum Gasteiger partial charge on any atom is -0.455 e. The van der Waals surface area contributed by atoms with Crippen molar-refractivity contribution < 1.29 is 17.9 Å². The molecule has 196 valence electrons. The van der Waals surface area contributed by atoms with Crippen molar-refractivity contribution in [2.24, 2.45) is 0 Å². The summed E-state index contributed by atoms with van der Waals surface area (Å²) < 4.78 is 35.7. The number of nitrogens with one attached hydrogen (secondary N) is 2. The van der Waals surface area contributed by atoms with Gasteiger partial charge in [0.25, 0.3) is 0 Å². The molecule has 1 atom stereocenters. The summed E-state index contributed by atoms with van der Waals surface area (Å²) in [4.78, 5) is 13.8. The van der Waals surface area contributed by atoms with Gasteiger partial charge in [0, 0.05) is 5.02 Å². The van der Waals surface area contributed by atoms with Gasteiger partial charge in [-0.25, -0.2) is 8.42 Å². The first kappa shape index (κ1) is 27.4. The first-order valence-electron chi connectivity index (χ1n) is 12.1. The molecule has 0 spiro atoms. The summed E-state index contributed by atoms with van der Waals surface area (Å²) >= 11 is 6.23. The molecule has 0 fully saturated rings. The van der Waals surface area contributed by atoms with Crippen molar-refractivity contribution in [2.45, 2.75) is 38.1 Å². The zero-order chi connectivity index (χ0) is 27.3. The summed E-state index contributed by atoms with van der Waals surface area (Å²) in [6.07, 6.45) is 0.144. The van der Waals surface area contributed by atoms with Crippen LogP contribution in [0.15, 0.2) is 95.9 Å². The Morgan fingerprint density at radius 2 is 1.47 bits per heavy atom. The van der Waals surface area contributed by atoms with Crippen molar-refractivity contribution in [1.82, 2.24) is 4.72 Å². The van der Waals surface area contributed by atoms with Gasteiger partial charge in [-0.2, -0.15) is 4.72 Å². The third-order valence-electron chi connectivity index (χ3n) is 5.94. The number of hydrogen-bond acceptors (Lipinski definition) is 4. The van der Waals surface area contributed by atoms with E-state index in [1.165, 1.54) is 0 Å². The van der Waals surface area contributed by atoms with E-state index in [0.29, 0.717) is 33.3 Å². The van der Waals surface area contributed by atoms with E-state index in [1.54, 1.807) is 44.2 Å². The van der Waals surface area contributed by atoms with Crippen LogP contribution in [0, 0.1) is 20.8 Å². The lowest BCUT2D eigenvalue weighted by atomic mass is 10.1. The van der Waals surface area contributed by atoms with Gasteiger partial charge in [-0.1, -0.05) is 77.8 Å². The lowest BCUT2D eigenvalue weighted by Gasteiger charge is -2.21. The van der Waals surface area contributed by atoms with Gasteiger partial charge in [0.1, 0.15) is 11.8 Å². The second kappa shape index (κ2) is 11.8. The average molecular weight is 549 g/mol. The Morgan fingerprint density at radius 1 is 0.868 bits per heavy atom. The van der Waals surface area contributed by atoms with E-state index < -0.39 is 22.0 Å². The molecule has 2 N–H and O–H groups in total. The fraction of sp³-hybridized carbons (Fsp3) is 0.167. The maximum Gasteiger partial charge on any atom is 0.243 e. The normalized spacial score (nSPS) is 12.1. The first-order chi connectivity index (χ1) is 18.1. The van der Waals surface area contributed by atoms with E-state index in [9.17, 15) is 13.2 Å². The molecule has 0 aromatic heterocycles. The summed E-state index contributed by atoms with van der Waals surface area (Å²) in [7, 11) is -4.03. The third-order valence-corrected chi connectivity index (χ3v) is 7.95. The molecule has 0 aliphatic carbocycles. The van der Waals surface area contributed by atoms with E-state index in [-0.39, 0.29) is 11.3 Å². The van der Waals surface area contributed by atoms with E-state index in [1.807, 2.05) is 67.6 Å². The van der Waals surface area contributed by atoms with E-state index >= 15 is 0 Å². The van der Waals surface area contributed by atoms with Crippen LogP contribution in [0.5, 0.6) is 11.5 Å². The van der Waals surface area contributed by atoms with Crippen LogP contribution in [-0.4, -0.2) is 20.4 Å². The van der Waals surface area contributed by atoms with Gasteiger partial charge in [0.05, 0.1) is 10.6 Å². The second-order valence-corrected chi connectivity index (χ2v) is 11.2. The van der Waals surface area contributed by atoms with E-state index in [4.69, 9.17) is 16.3 Å². The largest absolute Gasteiger partial charge is 0.455 e. The molecule has 0 aliphatic rings. The molecule has 4 aromatic rings. The number of anilines is 1. The molecule has 0 bridgehead atoms. The highest BCUT2D eigenvalue weighted by atomic mass is 35.5. The quantitative estimate of drug-likeness (QED) is 0.247. The molecule has 0 saturated heterocycles. The topological polar surface area (TPSA) is 84.5 Å². The predicted octanol–water partition coefficient (Wildman–Crippen LogP) is 6.59. The Morgan fingerprint density at radius 3 is 2.11 bits per heavy atom. The number of rotatable bonds is 9. The van der Waals surface area contributed by atoms with Crippen LogP contribution in [0.2, 0.25) is 5.02 Å². The van der Waals surface area contributed by atoms with Crippen molar-refractivity contribution in [2.75, 3.05) is 5.32 Å². The van der Waals surface area contributed by atoms with E-state index in [0.717, 1.165) is 11.1 Å². The van der Waals surface area contributed by atoms with Crippen LogP contribution in [-0.2, 0) is 21.2 Å². The van der Waals surface area contributed by atoms with Gasteiger partial charge in [-0.15, -0.1) is 0 Å². The highest BCUT2D eigenvalue weighted by Crippen LogP contribution is 2.32. The third kappa shape index (κ3) is 6.81. The van der Waals surface area contributed by atoms with Gasteiger partial charge in [-0.3, -0.25) is 4.79 Å². The zero-order valence-electron chi connectivity index (χ0n) is 21.4. The van der Waals surface area contributed by atoms with Gasteiger partial charge in [0.15, 0.2) is 5.75 Å². The minimum atomic E-state index is -4.03. The number of benzene rings is 4. The number of halogens is 1. The SMILES string of the molecule is Cc1cc(C)c(S(=O)(=O)N[C@@H](Cc2ccccc2)C(=O)Nc2cc(Cl)ccc2Oc2ccccc2)c(C)c1. The molecule has 1 amide bonds. The minimum absolute atomic E-state index is 0.144. The van der Waals surface area contributed by atoms with Crippen LogP contribution in [0.25, 0.3) is 0 Å². The molecule has 4 aromatic carbocycles. The number of amides is 1. The molecule has 38 heavy (non-hydrogen) atoms. The number of hydrogen-bond donors (Lipinski definition) is 2. The smallest absolute Gasteiger partial charge is 0.243 e. The van der Waals surface area contributed by atoms with Crippen LogP contribution in [0.1, 0.15) is 22.3 Å². The summed E-state index contributed by atoms with van der Waals surface area (Å²) in [6.45, 7) is 5.41. The van der Waals surface area contributed by atoms with Crippen molar-refractivity contribution >= 4 is 33.2 Å². The molecule has 0 heterocycles. The van der Waals surface area contributed by atoms with Crippen LogP contribution in [0.3, 0.4) is 0 Å². The first-order valence-corrected chi connectivity index (χ1v) is 14.0. The Labute approximate surface area is 228 Å². The number of sulfonamides is 1. The molecule has 4 rings (SSSR count). The summed E-state index contributed by atoms with van der Waals surface area (Å²) in [6, 6.07) is 25.8. The van der Waals surface area contributed by atoms with Crippen molar-refractivity contribution in [3.8, 4) is 11.5 Å². The monoisotopic (exact) mass is 548 g/mol. The van der Waals surface area contributed by atoms with Gasteiger partial charge in [-0.05, 0) is 74.2 Å². The molecule has 0 unspecified atom stereocenters. The van der Waals surface area contributed by atoms with Gasteiger partial charge >= 0.3 is 0 Å². The maximum absolute atomic E-state index is 13.6. The maximum atomic E-state index is 13.6. The van der Waals surface area contributed by atoms with Crippen LogP contribution < -0.4 is 14.8 Å². The fourth-order valence-electron chi connectivity index (χ4n) is 4.40. The zero-order valence-corrected chi connectivity index (χ0v) is 22.9. The highest BCUT2D eigenvalue weighted by molar-refractivity contribution is 7.89. The molecular formula is C30H29ClN2O4S. The number of aryl methyl sites for hydroxylation is 3. The summed E-state index contributed by atoms with van der Waals surface area (Å²) in [5.41, 5.74) is 3.32. The average Bonchev–Trinajstić information content (AvgIpc) is 2.85. The van der Waals surface area contributed by atoms with Gasteiger partial charge in [0.2, 0.25) is 15.9 Å². The Hall–Kier alpha value is -3.65. The molecule has 0 saturated carbocycles. The number of para-hydroxylation sites is 1. The Balaban J connectivity index is 1.66. The summed E-state index contributed by atoms with van der Waals surface area (Å²) in [5.74, 6) is 0.415. The lowest BCUT2D eigenvalue weighted by Crippen LogP contribution is -2.45. The number of carbonyl (C=O) groups is 1. The molecule has 0 radical (unpaired) electrons. The van der Waals surface area contributed by atoms with Crippen LogP contribution in [0.4, 0.5) is 5.69 Å². The number of carbonyl (C=O) groups excluding carboxylic acids is 1. The Bertz CT molecular complexity index is 1520. The fourth-order valence-corrected chi connectivity index (χ4v) is 6.22. The predicted molar refractivity (Wildman–Crippen MR) is 152 cm³/mol. The van der Waals surface area contributed by atoms with Crippen LogP contribution >= 0.6 is 11.6 Å². The van der Waals surface area contributed by atoms with Crippen molar-refractivity contribution in [1.29, 1.82) is 0 Å². The molecule has 0 aliphatic heterocycles. The Kier molecular flexibility index (Phi) is 8.52. The highest BCUT2D eigenvalue weighted by Gasteiger charge is 2.29. The van der Waals surface area contributed by atoms with Gasteiger partial charge < -0.3 is 10.1 Å².